The van der Waals surface area contributed by atoms with Gasteiger partial charge in [0.05, 0.1) is 20.3 Å². The lowest BCUT2D eigenvalue weighted by Gasteiger charge is -2.43. The van der Waals surface area contributed by atoms with E-state index in [1.54, 1.807) is 7.11 Å². The van der Waals surface area contributed by atoms with Crippen LogP contribution in [-0.2, 0) is 10.2 Å². The van der Waals surface area contributed by atoms with Crippen molar-refractivity contribution in [3.63, 3.8) is 0 Å². The van der Waals surface area contributed by atoms with Crippen molar-refractivity contribution in [1.29, 1.82) is 0 Å². The Kier molecular flexibility index (Phi) is 3.69. The van der Waals surface area contributed by atoms with Gasteiger partial charge >= 0.3 is 0 Å². The number of hydrogen-bond donors (Lipinski definition) is 1. The first kappa shape index (κ1) is 12.4. The normalized spacial score (nSPS) is 19.5. The summed E-state index contributed by atoms with van der Waals surface area (Å²) >= 11 is 0. The van der Waals surface area contributed by atoms with Crippen LogP contribution in [0, 0.1) is 0 Å². The summed E-state index contributed by atoms with van der Waals surface area (Å²) in [6.07, 6.45) is 2.08. The lowest BCUT2D eigenvalue weighted by molar-refractivity contribution is -0.0665. The van der Waals surface area contributed by atoms with Crippen LogP contribution in [0.4, 0.5) is 0 Å². The summed E-state index contributed by atoms with van der Waals surface area (Å²) in [5.74, 6) is 0.959. The molecule has 0 amide bonds. The van der Waals surface area contributed by atoms with Crippen molar-refractivity contribution in [2.75, 3.05) is 20.3 Å². The molecular formula is C14H21NO2. The van der Waals surface area contributed by atoms with Crippen LogP contribution in [-0.4, -0.2) is 26.4 Å². The zero-order chi connectivity index (χ0) is 12.3. The van der Waals surface area contributed by atoms with Crippen LogP contribution >= 0.6 is 0 Å². The van der Waals surface area contributed by atoms with Gasteiger partial charge in [-0.2, -0.15) is 0 Å². The maximum absolute atomic E-state index is 5.85. The van der Waals surface area contributed by atoms with Crippen LogP contribution in [0.15, 0.2) is 24.3 Å². The molecule has 1 aliphatic heterocycles. The van der Waals surface area contributed by atoms with E-state index in [-0.39, 0.29) is 11.5 Å². The Morgan fingerprint density at radius 3 is 2.65 bits per heavy atom. The lowest BCUT2D eigenvalue weighted by atomic mass is 9.74. The molecule has 1 atom stereocenters. The van der Waals surface area contributed by atoms with E-state index < -0.39 is 0 Å². The minimum Gasteiger partial charge on any atom is -0.496 e. The highest BCUT2D eigenvalue weighted by Crippen LogP contribution is 2.41. The molecule has 3 nitrogen and oxygen atoms in total. The van der Waals surface area contributed by atoms with Gasteiger partial charge in [-0.1, -0.05) is 18.2 Å². The Morgan fingerprint density at radius 1 is 1.41 bits per heavy atom. The minimum atomic E-state index is 0.111. The van der Waals surface area contributed by atoms with Crippen LogP contribution in [0.3, 0.4) is 0 Å². The third-order valence-corrected chi connectivity index (χ3v) is 3.51. The smallest absolute Gasteiger partial charge is 0.122 e. The molecule has 1 aromatic carbocycles. The lowest BCUT2D eigenvalue weighted by Crippen LogP contribution is -2.47. The van der Waals surface area contributed by atoms with E-state index in [0.717, 1.165) is 31.8 Å². The summed E-state index contributed by atoms with van der Waals surface area (Å²) in [4.78, 5) is 0. The van der Waals surface area contributed by atoms with Gasteiger partial charge in [0.2, 0.25) is 0 Å². The largest absolute Gasteiger partial charge is 0.496 e. The van der Waals surface area contributed by atoms with E-state index in [0.29, 0.717) is 0 Å². The number of ether oxygens (including phenoxy) is 2. The molecule has 2 rings (SSSR count). The number of hydrogen-bond acceptors (Lipinski definition) is 3. The van der Waals surface area contributed by atoms with Crippen molar-refractivity contribution in [1.82, 2.24) is 0 Å². The SMILES string of the molecule is COc1ccccc1C1(CCC(C)N)COC1. The molecular weight excluding hydrogens is 214 g/mol. The van der Waals surface area contributed by atoms with Gasteiger partial charge in [0.15, 0.2) is 0 Å². The molecule has 1 heterocycles. The molecule has 1 aliphatic rings. The number of rotatable bonds is 5. The Hall–Kier alpha value is -1.06. The second-order valence-corrected chi connectivity index (χ2v) is 4.99. The molecule has 0 spiro atoms. The molecule has 0 saturated carbocycles. The number of nitrogens with two attached hydrogens (primary N) is 1. The quantitative estimate of drug-likeness (QED) is 0.850. The van der Waals surface area contributed by atoms with Crippen molar-refractivity contribution < 1.29 is 9.47 Å². The number of methoxy groups -OCH3 is 1. The van der Waals surface area contributed by atoms with Crippen LogP contribution in [0.25, 0.3) is 0 Å². The molecule has 3 heteroatoms. The fourth-order valence-electron chi connectivity index (χ4n) is 2.37. The first-order valence-electron chi connectivity index (χ1n) is 6.15. The van der Waals surface area contributed by atoms with Gasteiger partial charge in [-0.3, -0.25) is 0 Å². The Morgan fingerprint density at radius 2 is 2.12 bits per heavy atom. The predicted molar refractivity (Wildman–Crippen MR) is 68.4 cm³/mol. The maximum atomic E-state index is 5.85. The highest BCUT2D eigenvalue weighted by molar-refractivity contribution is 5.41. The molecule has 94 valence electrons. The highest BCUT2D eigenvalue weighted by atomic mass is 16.5. The van der Waals surface area contributed by atoms with Crippen molar-refractivity contribution in [3.05, 3.63) is 29.8 Å². The summed E-state index contributed by atoms with van der Waals surface area (Å²) in [5, 5.41) is 0. The van der Waals surface area contributed by atoms with Gasteiger partial charge in [-0.05, 0) is 25.8 Å². The van der Waals surface area contributed by atoms with E-state index in [1.165, 1.54) is 5.56 Å². The van der Waals surface area contributed by atoms with Crippen molar-refractivity contribution >= 4 is 0 Å². The second kappa shape index (κ2) is 5.07. The summed E-state index contributed by atoms with van der Waals surface area (Å²) < 4.78 is 10.9. The molecule has 1 fully saturated rings. The minimum absolute atomic E-state index is 0.111. The van der Waals surface area contributed by atoms with Crippen molar-refractivity contribution in [2.45, 2.75) is 31.2 Å². The average Bonchev–Trinajstić information content (AvgIpc) is 2.28. The summed E-state index contributed by atoms with van der Waals surface area (Å²) in [6, 6.07) is 8.46. The van der Waals surface area contributed by atoms with Gasteiger partial charge in [0.1, 0.15) is 5.75 Å². The number of benzene rings is 1. The van der Waals surface area contributed by atoms with Gasteiger partial charge in [-0.15, -0.1) is 0 Å². The Bertz CT molecular complexity index is 372. The average molecular weight is 235 g/mol. The van der Waals surface area contributed by atoms with Gasteiger partial charge in [-0.25, -0.2) is 0 Å². The molecule has 1 saturated heterocycles. The van der Waals surface area contributed by atoms with Crippen LogP contribution in [0.2, 0.25) is 0 Å². The molecule has 17 heavy (non-hydrogen) atoms. The fraction of sp³-hybridized carbons (Fsp3) is 0.571. The van der Waals surface area contributed by atoms with E-state index in [4.69, 9.17) is 15.2 Å². The fourth-order valence-corrected chi connectivity index (χ4v) is 2.37. The van der Waals surface area contributed by atoms with Crippen LogP contribution in [0.5, 0.6) is 5.75 Å². The second-order valence-electron chi connectivity index (χ2n) is 4.99. The molecule has 1 unspecified atom stereocenters. The van der Waals surface area contributed by atoms with E-state index in [1.807, 2.05) is 12.1 Å². The Balaban J connectivity index is 2.21. The maximum Gasteiger partial charge on any atom is 0.122 e. The van der Waals surface area contributed by atoms with Crippen molar-refractivity contribution in [2.24, 2.45) is 5.73 Å². The third kappa shape index (κ3) is 2.45. The molecule has 0 radical (unpaired) electrons. The first-order valence-corrected chi connectivity index (χ1v) is 6.15. The van der Waals surface area contributed by atoms with E-state index in [2.05, 4.69) is 19.1 Å². The molecule has 0 aliphatic carbocycles. The zero-order valence-corrected chi connectivity index (χ0v) is 10.6. The standard InChI is InChI=1S/C14H21NO2/c1-11(15)7-8-14(9-17-10-14)12-5-3-4-6-13(12)16-2/h3-6,11H,7-10,15H2,1-2H3. The van der Waals surface area contributed by atoms with Crippen LogP contribution in [0.1, 0.15) is 25.3 Å². The molecule has 0 bridgehead atoms. The van der Waals surface area contributed by atoms with E-state index >= 15 is 0 Å². The first-order chi connectivity index (χ1) is 8.18. The van der Waals surface area contributed by atoms with Gasteiger partial charge < -0.3 is 15.2 Å². The summed E-state index contributed by atoms with van der Waals surface area (Å²) in [6.45, 7) is 3.61. The van der Waals surface area contributed by atoms with E-state index in [9.17, 15) is 0 Å². The summed E-state index contributed by atoms with van der Waals surface area (Å²) in [7, 11) is 1.72. The highest BCUT2D eigenvalue weighted by Gasteiger charge is 2.41. The molecule has 0 aromatic heterocycles. The van der Waals surface area contributed by atoms with Crippen molar-refractivity contribution in [3.8, 4) is 5.75 Å². The molecule has 1 aromatic rings. The topological polar surface area (TPSA) is 44.5 Å². The summed E-state index contributed by atoms with van der Waals surface area (Å²) in [5.41, 5.74) is 7.23. The predicted octanol–water partition coefficient (Wildman–Crippen LogP) is 2.09. The van der Waals surface area contributed by atoms with Gasteiger partial charge in [0, 0.05) is 17.0 Å². The monoisotopic (exact) mass is 235 g/mol. The zero-order valence-electron chi connectivity index (χ0n) is 10.6. The molecule has 2 N–H and O–H groups in total. The number of para-hydroxylation sites is 1. The Labute approximate surface area is 103 Å². The van der Waals surface area contributed by atoms with Crippen LogP contribution < -0.4 is 10.5 Å². The van der Waals surface area contributed by atoms with Gasteiger partial charge in [0.25, 0.3) is 0 Å². The third-order valence-electron chi connectivity index (χ3n) is 3.51.